The summed E-state index contributed by atoms with van der Waals surface area (Å²) in [6.45, 7) is 5.64. The Bertz CT molecular complexity index is 1350. The van der Waals surface area contributed by atoms with Gasteiger partial charge in [0.15, 0.2) is 5.82 Å². The van der Waals surface area contributed by atoms with Gasteiger partial charge in [0.1, 0.15) is 5.82 Å². The molecule has 4 aromatic rings. The summed E-state index contributed by atoms with van der Waals surface area (Å²) in [5, 5.41) is 13.4. The lowest BCUT2D eigenvalue weighted by molar-refractivity contribution is 0.172. The Labute approximate surface area is 197 Å². The highest BCUT2D eigenvalue weighted by atomic mass is 19.1. The number of aromatic amines is 1. The van der Waals surface area contributed by atoms with E-state index in [0.717, 1.165) is 51.8 Å². The molecule has 1 fully saturated rings. The Morgan fingerprint density at radius 1 is 1.06 bits per heavy atom. The number of pyridine rings is 1. The van der Waals surface area contributed by atoms with E-state index >= 15 is 0 Å². The van der Waals surface area contributed by atoms with E-state index in [2.05, 4.69) is 38.4 Å². The van der Waals surface area contributed by atoms with Crippen LogP contribution in [-0.4, -0.2) is 36.1 Å². The topological polar surface area (TPSA) is 79.7 Å². The van der Waals surface area contributed by atoms with Crippen LogP contribution in [0.25, 0.3) is 10.9 Å². The van der Waals surface area contributed by atoms with E-state index in [1.54, 1.807) is 16.8 Å². The molecule has 2 aromatic carbocycles. The highest BCUT2D eigenvalue weighted by Crippen LogP contribution is 2.27. The third kappa shape index (κ3) is 4.63. The van der Waals surface area contributed by atoms with Gasteiger partial charge < -0.3 is 4.98 Å². The molecular formula is C26H29FN6O. The third-order valence-electron chi connectivity index (χ3n) is 6.93. The standard InChI is InChI=1S/C26H29FN6O/c1-17-7-8-18(2)25-23(17)13-20(26(34)28-25)15-32(22-5-3-4-6-22)16-24-29-30-31-33(24)14-19-9-11-21(27)12-10-19/h7-13,22H,3-6,14-16H2,1-2H3,(H,28,34). The second-order valence-electron chi connectivity index (χ2n) is 9.33. The Balaban J connectivity index is 1.43. The fraction of sp³-hybridized carbons (Fsp3) is 0.385. The van der Waals surface area contributed by atoms with Crippen LogP contribution in [0, 0.1) is 19.7 Å². The van der Waals surface area contributed by atoms with Gasteiger partial charge in [-0.2, -0.15) is 0 Å². The van der Waals surface area contributed by atoms with Crippen LogP contribution in [0.4, 0.5) is 4.39 Å². The van der Waals surface area contributed by atoms with E-state index in [9.17, 15) is 9.18 Å². The van der Waals surface area contributed by atoms with Crippen molar-refractivity contribution < 1.29 is 4.39 Å². The smallest absolute Gasteiger partial charge is 0.252 e. The van der Waals surface area contributed by atoms with Gasteiger partial charge in [-0.15, -0.1) is 5.10 Å². The number of halogens is 1. The van der Waals surface area contributed by atoms with Crippen molar-refractivity contribution >= 4 is 10.9 Å². The molecule has 1 aliphatic rings. The van der Waals surface area contributed by atoms with Gasteiger partial charge >= 0.3 is 0 Å². The second kappa shape index (κ2) is 9.46. The molecule has 7 nitrogen and oxygen atoms in total. The average Bonchev–Trinajstić information content (AvgIpc) is 3.51. The summed E-state index contributed by atoms with van der Waals surface area (Å²) in [5.41, 5.74) is 4.76. The summed E-state index contributed by atoms with van der Waals surface area (Å²) in [4.78, 5) is 18.5. The molecule has 5 rings (SSSR count). The van der Waals surface area contributed by atoms with Crippen molar-refractivity contribution in [1.29, 1.82) is 0 Å². The fourth-order valence-electron chi connectivity index (χ4n) is 4.94. The highest BCUT2D eigenvalue weighted by molar-refractivity contribution is 5.85. The summed E-state index contributed by atoms with van der Waals surface area (Å²) < 4.78 is 15.0. The Kier molecular flexibility index (Phi) is 6.24. The van der Waals surface area contributed by atoms with Crippen LogP contribution >= 0.6 is 0 Å². The Hall–Kier alpha value is -3.39. The van der Waals surface area contributed by atoms with E-state index < -0.39 is 0 Å². The van der Waals surface area contributed by atoms with Crippen molar-refractivity contribution in [3.63, 3.8) is 0 Å². The van der Waals surface area contributed by atoms with Gasteiger partial charge in [0.05, 0.1) is 18.6 Å². The summed E-state index contributed by atoms with van der Waals surface area (Å²) >= 11 is 0. The zero-order chi connectivity index (χ0) is 23.7. The molecule has 0 radical (unpaired) electrons. The lowest BCUT2D eigenvalue weighted by Crippen LogP contribution is -2.35. The molecule has 0 unspecified atom stereocenters. The first kappa shape index (κ1) is 22.4. The molecule has 0 saturated heterocycles. The zero-order valence-corrected chi connectivity index (χ0v) is 19.6. The van der Waals surface area contributed by atoms with E-state index in [4.69, 9.17) is 0 Å². The number of tetrazole rings is 1. The minimum Gasteiger partial charge on any atom is -0.321 e. The first-order chi connectivity index (χ1) is 16.5. The molecule has 1 aliphatic carbocycles. The van der Waals surface area contributed by atoms with Crippen molar-refractivity contribution in [3.05, 3.63) is 86.7 Å². The van der Waals surface area contributed by atoms with Gasteiger partial charge in [0, 0.05) is 23.5 Å². The molecule has 2 aromatic heterocycles. The van der Waals surface area contributed by atoms with Gasteiger partial charge in [0.2, 0.25) is 0 Å². The van der Waals surface area contributed by atoms with Crippen molar-refractivity contribution in [3.8, 4) is 0 Å². The molecule has 8 heteroatoms. The predicted molar refractivity (Wildman–Crippen MR) is 129 cm³/mol. The quantitative estimate of drug-likeness (QED) is 0.446. The van der Waals surface area contributed by atoms with Crippen LogP contribution in [0.3, 0.4) is 0 Å². The lowest BCUT2D eigenvalue weighted by Gasteiger charge is -2.28. The molecule has 0 atom stereocenters. The maximum Gasteiger partial charge on any atom is 0.252 e. The molecule has 1 N–H and O–H groups in total. The third-order valence-corrected chi connectivity index (χ3v) is 6.93. The second-order valence-corrected chi connectivity index (χ2v) is 9.33. The number of hydrogen-bond donors (Lipinski definition) is 1. The van der Waals surface area contributed by atoms with Gasteiger partial charge in [-0.1, -0.05) is 37.1 Å². The van der Waals surface area contributed by atoms with Gasteiger partial charge in [0.25, 0.3) is 5.56 Å². The number of fused-ring (bicyclic) bond motifs is 1. The number of aromatic nitrogens is 5. The number of nitrogens with one attached hydrogen (secondary N) is 1. The van der Waals surface area contributed by atoms with E-state index in [1.165, 1.54) is 25.0 Å². The maximum absolute atomic E-state index is 13.3. The van der Waals surface area contributed by atoms with E-state index in [-0.39, 0.29) is 11.4 Å². The van der Waals surface area contributed by atoms with Crippen LogP contribution in [0.2, 0.25) is 0 Å². The van der Waals surface area contributed by atoms with Crippen molar-refractivity contribution in [2.45, 2.75) is 65.2 Å². The summed E-state index contributed by atoms with van der Waals surface area (Å²) in [5.74, 6) is 0.472. The largest absolute Gasteiger partial charge is 0.321 e. The van der Waals surface area contributed by atoms with Crippen LogP contribution in [-0.2, 0) is 19.6 Å². The lowest BCUT2D eigenvalue weighted by atomic mass is 10.0. The number of benzene rings is 2. The molecule has 0 bridgehead atoms. The molecule has 176 valence electrons. The van der Waals surface area contributed by atoms with Gasteiger partial charge in [-0.3, -0.25) is 9.69 Å². The molecule has 0 aliphatic heterocycles. The van der Waals surface area contributed by atoms with Crippen molar-refractivity contribution in [1.82, 2.24) is 30.1 Å². The minimum atomic E-state index is -0.265. The molecule has 1 saturated carbocycles. The van der Waals surface area contributed by atoms with Crippen LogP contribution < -0.4 is 5.56 Å². The predicted octanol–water partition coefficient (Wildman–Crippen LogP) is 4.26. The summed E-state index contributed by atoms with van der Waals surface area (Å²) in [7, 11) is 0. The number of hydrogen-bond acceptors (Lipinski definition) is 5. The Morgan fingerprint density at radius 3 is 2.56 bits per heavy atom. The van der Waals surface area contributed by atoms with Crippen molar-refractivity contribution in [2.75, 3.05) is 0 Å². The van der Waals surface area contributed by atoms with E-state index in [0.29, 0.717) is 25.7 Å². The summed E-state index contributed by atoms with van der Waals surface area (Å²) in [6.07, 6.45) is 4.58. The first-order valence-electron chi connectivity index (χ1n) is 11.8. The van der Waals surface area contributed by atoms with Crippen molar-refractivity contribution in [2.24, 2.45) is 0 Å². The van der Waals surface area contributed by atoms with Crippen LogP contribution in [0.5, 0.6) is 0 Å². The molecular weight excluding hydrogens is 431 g/mol. The molecule has 0 spiro atoms. The minimum absolute atomic E-state index is 0.0462. The van der Waals surface area contributed by atoms with E-state index in [1.807, 2.05) is 19.1 Å². The molecule has 34 heavy (non-hydrogen) atoms. The summed E-state index contributed by atoms with van der Waals surface area (Å²) in [6, 6.07) is 12.9. The maximum atomic E-state index is 13.3. The number of rotatable bonds is 7. The highest BCUT2D eigenvalue weighted by Gasteiger charge is 2.26. The monoisotopic (exact) mass is 460 g/mol. The number of aryl methyl sites for hydroxylation is 2. The average molecular weight is 461 g/mol. The van der Waals surface area contributed by atoms with Gasteiger partial charge in [-0.05, 0) is 72.0 Å². The van der Waals surface area contributed by atoms with Crippen LogP contribution in [0.15, 0.2) is 47.3 Å². The fourth-order valence-corrected chi connectivity index (χ4v) is 4.94. The Morgan fingerprint density at radius 2 is 1.79 bits per heavy atom. The van der Waals surface area contributed by atoms with Gasteiger partial charge in [-0.25, -0.2) is 9.07 Å². The molecule has 2 heterocycles. The zero-order valence-electron chi connectivity index (χ0n) is 19.6. The van der Waals surface area contributed by atoms with Crippen LogP contribution in [0.1, 0.15) is 53.8 Å². The SMILES string of the molecule is Cc1ccc(C)c2[nH]c(=O)c(CN(Cc3nnnn3Cc3ccc(F)cc3)C3CCCC3)cc12. The molecule has 0 amide bonds. The first-order valence-corrected chi connectivity index (χ1v) is 11.8. The normalized spacial score (nSPS) is 14.5. The number of H-pyrrole nitrogens is 1. The number of nitrogens with zero attached hydrogens (tertiary/aromatic N) is 5.